The number of carbonyl (C=O) groups is 3. The fourth-order valence-corrected chi connectivity index (χ4v) is 6.38. The Kier molecular flexibility index (Phi) is 7.85. The smallest absolute Gasteiger partial charge is 0.338 e. The summed E-state index contributed by atoms with van der Waals surface area (Å²) in [4.78, 5) is 52.1. The lowest BCUT2D eigenvalue weighted by molar-refractivity contribution is -0.138. The third-order valence-corrected chi connectivity index (χ3v) is 8.55. The van der Waals surface area contributed by atoms with Crippen LogP contribution in [0.4, 0.5) is 15.0 Å². The quantitative estimate of drug-likeness (QED) is 0.359. The van der Waals surface area contributed by atoms with Crippen molar-refractivity contribution in [3.8, 4) is 0 Å². The first-order valence-corrected chi connectivity index (χ1v) is 14.5. The number of carbonyl (C=O) groups excluding carboxylic acids is 2. The average Bonchev–Trinajstić information content (AvgIpc) is 3.73. The summed E-state index contributed by atoms with van der Waals surface area (Å²) in [5.41, 5.74) is 1.23. The minimum absolute atomic E-state index is 0.124. The van der Waals surface area contributed by atoms with Gasteiger partial charge in [-0.3, -0.25) is 24.3 Å². The maximum atomic E-state index is 13.9. The van der Waals surface area contributed by atoms with Gasteiger partial charge in [-0.25, -0.2) is 19.0 Å². The van der Waals surface area contributed by atoms with Crippen LogP contribution in [0.1, 0.15) is 16.6 Å². The van der Waals surface area contributed by atoms with Gasteiger partial charge < -0.3 is 20.1 Å². The first kappa shape index (κ1) is 28.8. The molecule has 43 heavy (non-hydrogen) atoms. The van der Waals surface area contributed by atoms with Crippen molar-refractivity contribution in [2.75, 3.05) is 44.7 Å². The van der Waals surface area contributed by atoms with E-state index in [1.165, 1.54) is 47.5 Å². The highest BCUT2D eigenvalue weighted by Crippen LogP contribution is 2.37. The standard InChI is InChI=1S/C27H26ClFN8O5S/c1-42-26(40)22-19(31-24(25-30-5-9-43-25)32-23(22)17-3-2-15(29)10-18(17)28)13-34-7-8-36-16(11-34)12-37(27(36)41)20-4-6-35(33-20)14-21(38)39/h2-6,9-10,16,23H,7-8,11-14H2,1H3,(H,31,32)(H,38,39)/t16-,23-/m0/s1. The molecule has 5 heterocycles. The second-order valence-corrected chi connectivity index (χ2v) is 11.4. The van der Waals surface area contributed by atoms with Crippen molar-refractivity contribution in [1.82, 2.24) is 29.9 Å². The Balaban J connectivity index is 1.27. The summed E-state index contributed by atoms with van der Waals surface area (Å²) in [6.07, 6.45) is 3.18. The molecule has 0 radical (unpaired) electrons. The van der Waals surface area contributed by atoms with E-state index >= 15 is 0 Å². The molecule has 6 rings (SSSR count). The first-order chi connectivity index (χ1) is 20.7. The average molecular weight is 629 g/mol. The number of ether oxygens (including phenoxy) is 1. The number of piperazine rings is 1. The number of thiazole rings is 1. The molecule has 0 saturated carbocycles. The van der Waals surface area contributed by atoms with E-state index in [4.69, 9.17) is 26.4 Å². The van der Waals surface area contributed by atoms with E-state index in [1.807, 2.05) is 5.38 Å². The number of amides is 2. The Bertz CT molecular complexity index is 1640. The van der Waals surface area contributed by atoms with E-state index in [0.717, 1.165) is 0 Å². The molecule has 1 aromatic carbocycles. The van der Waals surface area contributed by atoms with Gasteiger partial charge in [-0.05, 0) is 12.1 Å². The van der Waals surface area contributed by atoms with Crippen molar-refractivity contribution >= 4 is 52.6 Å². The molecule has 2 saturated heterocycles. The van der Waals surface area contributed by atoms with Crippen molar-refractivity contribution in [2.24, 2.45) is 4.99 Å². The highest BCUT2D eigenvalue weighted by molar-refractivity contribution is 7.11. The number of hydrogen-bond acceptors (Lipinski definition) is 10. The number of fused-ring (bicyclic) bond motifs is 1. The molecule has 3 aromatic rings. The Morgan fingerprint density at radius 3 is 2.81 bits per heavy atom. The summed E-state index contributed by atoms with van der Waals surface area (Å²) in [5.74, 6) is -1.31. The van der Waals surface area contributed by atoms with Gasteiger partial charge in [0.1, 0.15) is 18.4 Å². The molecule has 2 N–H and O–H groups in total. The van der Waals surface area contributed by atoms with Gasteiger partial charge in [-0.15, -0.1) is 11.3 Å². The fourth-order valence-electron chi connectivity index (χ4n) is 5.52. The second-order valence-electron chi connectivity index (χ2n) is 10.1. The minimum atomic E-state index is -1.03. The van der Waals surface area contributed by atoms with E-state index in [9.17, 15) is 18.8 Å². The van der Waals surface area contributed by atoms with Crippen LogP contribution in [0.25, 0.3) is 0 Å². The predicted octanol–water partition coefficient (Wildman–Crippen LogP) is 2.36. The Labute approximate surface area is 253 Å². The van der Waals surface area contributed by atoms with E-state index in [-0.39, 0.29) is 29.2 Å². The molecular formula is C27H26ClFN8O5S. The summed E-state index contributed by atoms with van der Waals surface area (Å²) < 4.78 is 20.4. The lowest BCUT2D eigenvalue weighted by Gasteiger charge is -2.38. The molecule has 13 nitrogen and oxygen atoms in total. The minimum Gasteiger partial charge on any atom is -0.480 e. The van der Waals surface area contributed by atoms with Crippen LogP contribution in [-0.2, 0) is 20.9 Å². The lowest BCUT2D eigenvalue weighted by Crippen LogP contribution is -2.53. The summed E-state index contributed by atoms with van der Waals surface area (Å²) in [6.45, 7) is 1.84. The molecule has 0 unspecified atom stereocenters. The molecular weight excluding hydrogens is 603 g/mol. The molecule has 16 heteroatoms. The second kappa shape index (κ2) is 11.7. The first-order valence-electron chi connectivity index (χ1n) is 13.3. The number of aliphatic imine (C=N–C) groups is 1. The SMILES string of the molecule is COC(=O)C1=C(CN2CCN3C(=O)N(c4ccn(CC(=O)O)n4)C[C@@H]3C2)NC(c2nccs2)=N[C@H]1c1ccc(F)cc1Cl. The number of anilines is 1. The van der Waals surface area contributed by atoms with Crippen molar-refractivity contribution in [3.63, 3.8) is 0 Å². The molecule has 3 aliphatic rings. The number of aromatic nitrogens is 3. The number of benzene rings is 1. The predicted molar refractivity (Wildman–Crippen MR) is 155 cm³/mol. The van der Waals surface area contributed by atoms with Crippen LogP contribution >= 0.6 is 22.9 Å². The van der Waals surface area contributed by atoms with Crippen LogP contribution in [0, 0.1) is 5.82 Å². The molecule has 224 valence electrons. The number of rotatable bonds is 8. The number of halogens is 2. The van der Waals surface area contributed by atoms with Gasteiger partial charge in [0.2, 0.25) is 0 Å². The number of carboxylic acids is 1. The van der Waals surface area contributed by atoms with E-state index in [2.05, 4.69) is 20.3 Å². The van der Waals surface area contributed by atoms with Crippen LogP contribution in [-0.4, -0.2) is 99.4 Å². The van der Waals surface area contributed by atoms with Crippen molar-refractivity contribution in [1.29, 1.82) is 0 Å². The zero-order valence-electron chi connectivity index (χ0n) is 22.8. The van der Waals surface area contributed by atoms with Crippen LogP contribution in [0.3, 0.4) is 0 Å². The third-order valence-electron chi connectivity index (χ3n) is 7.44. The maximum absolute atomic E-state index is 13.9. The number of urea groups is 1. The van der Waals surface area contributed by atoms with E-state index in [1.54, 1.807) is 22.1 Å². The number of methoxy groups -OCH3 is 1. The van der Waals surface area contributed by atoms with Gasteiger partial charge in [0.05, 0.1) is 25.3 Å². The Hall–Kier alpha value is -4.34. The zero-order chi connectivity index (χ0) is 30.2. The highest BCUT2D eigenvalue weighted by Gasteiger charge is 2.43. The topological polar surface area (TPSA) is 145 Å². The molecule has 0 bridgehead atoms. The lowest BCUT2D eigenvalue weighted by atomic mass is 9.95. The van der Waals surface area contributed by atoms with E-state index < -0.39 is 23.8 Å². The van der Waals surface area contributed by atoms with Crippen LogP contribution in [0.15, 0.2) is 58.3 Å². The summed E-state index contributed by atoms with van der Waals surface area (Å²) in [5, 5.41) is 19.1. The number of carboxylic acid groups (broad SMARTS) is 1. The molecule has 0 aliphatic carbocycles. The summed E-state index contributed by atoms with van der Waals surface area (Å²) in [6, 6.07) is 4.35. The number of nitrogens with one attached hydrogen (secondary N) is 1. The molecule has 2 amide bonds. The third kappa shape index (κ3) is 5.70. The molecule has 2 atom stereocenters. The molecule has 0 spiro atoms. The summed E-state index contributed by atoms with van der Waals surface area (Å²) in [7, 11) is 1.28. The number of amidine groups is 1. The Morgan fingerprint density at radius 1 is 1.26 bits per heavy atom. The number of aliphatic carboxylic acids is 1. The largest absolute Gasteiger partial charge is 0.480 e. The number of hydrogen-bond donors (Lipinski definition) is 2. The van der Waals surface area contributed by atoms with Crippen LogP contribution in [0.2, 0.25) is 5.02 Å². The fraction of sp³-hybridized carbons (Fsp3) is 0.333. The van der Waals surface area contributed by atoms with Gasteiger partial charge in [-0.2, -0.15) is 5.10 Å². The number of esters is 1. The monoisotopic (exact) mass is 628 g/mol. The van der Waals surface area contributed by atoms with Crippen molar-refractivity contribution < 1.29 is 28.6 Å². The van der Waals surface area contributed by atoms with E-state index in [0.29, 0.717) is 60.6 Å². The van der Waals surface area contributed by atoms with Gasteiger partial charge in [0.15, 0.2) is 16.7 Å². The van der Waals surface area contributed by atoms with Gasteiger partial charge in [0.25, 0.3) is 0 Å². The molecule has 2 aromatic heterocycles. The van der Waals surface area contributed by atoms with Gasteiger partial charge in [-0.1, -0.05) is 17.7 Å². The highest BCUT2D eigenvalue weighted by atomic mass is 35.5. The van der Waals surface area contributed by atoms with Gasteiger partial charge >= 0.3 is 18.0 Å². The Morgan fingerprint density at radius 2 is 2.09 bits per heavy atom. The van der Waals surface area contributed by atoms with Crippen molar-refractivity contribution in [2.45, 2.75) is 18.6 Å². The number of nitrogens with zero attached hydrogens (tertiary/aromatic N) is 7. The van der Waals surface area contributed by atoms with Crippen LogP contribution in [0.5, 0.6) is 0 Å². The molecule has 3 aliphatic heterocycles. The van der Waals surface area contributed by atoms with Gasteiger partial charge in [0, 0.05) is 66.3 Å². The van der Waals surface area contributed by atoms with Crippen LogP contribution < -0.4 is 10.2 Å². The maximum Gasteiger partial charge on any atom is 0.338 e. The zero-order valence-corrected chi connectivity index (χ0v) is 24.4. The molecule has 2 fully saturated rings. The normalized spacial score (nSPS) is 20.6. The van der Waals surface area contributed by atoms with Crippen molar-refractivity contribution in [3.05, 3.63) is 74.7 Å². The summed E-state index contributed by atoms with van der Waals surface area (Å²) >= 11 is 7.82.